The van der Waals surface area contributed by atoms with Crippen LogP contribution in [-0.4, -0.2) is 29.3 Å². The Morgan fingerprint density at radius 2 is 1.91 bits per heavy atom. The van der Waals surface area contributed by atoms with Gasteiger partial charge in [-0.25, -0.2) is 4.90 Å². The van der Waals surface area contributed by atoms with Crippen LogP contribution in [-0.2, 0) is 9.59 Å². The lowest BCUT2D eigenvalue weighted by Gasteiger charge is -2.35. The monoisotopic (exact) mass is 338 g/mol. The van der Waals surface area contributed by atoms with E-state index in [2.05, 4.69) is 6.92 Å². The third kappa shape index (κ3) is 2.50. The van der Waals surface area contributed by atoms with Crippen LogP contribution in [0.1, 0.15) is 26.2 Å². The van der Waals surface area contributed by atoms with Gasteiger partial charge in [-0.3, -0.25) is 9.59 Å². The summed E-state index contributed by atoms with van der Waals surface area (Å²) in [5.41, 5.74) is 0.763. The Morgan fingerprint density at radius 3 is 2.59 bits per heavy atom. The van der Waals surface area contributed by atoms with Crippen molar-refractivity contribution in [1.82, 2.24) is 4.90 Å². The number of hydrogen-bond donors (Lipinski definition) is 0. The van der Waals surface area contributed by atoms with E-state index in [-0.39, 0.29) is 17.0 Å². The minimum atomic E-state index is -0.485. The molecule has 0 bridgehead atoms. The molecule has 0 radical (unpaired) electrons. The van der Waals surface area contributed by atoms with Crippen LogP contribution < -0.4 is 4.90 Å². The molecule has 2 heterocycles. The van der Waals surface area contributed by atoms with Gasteiger partial charge in [0.25, 0.3) is 11.8 Å². The number of imide groups is 1. The Labute approximate surface area is 139 Å². The fraction of sp³-hybridized carbons (Fsp3) is 0.375. The zero-order valence-corrected chi connectivity index (χ0v) is 13.7. The van der Waals surface area contributed by atoms with Crippen LogP contribution in [0.25, 0.3) is 0 Å². The lowest BCUT2D eigenvalue weighted by Crippen LogP contribution is -2.41. The number of carbonyl (C=O) groups excluding carboxylic acids is 2. The van der Waals surface area contributed by atoms with Gasteiger partial charge >= 0.3 is 0 Å². The topological polar surface area (TPSA) is 40.6 Å². The van der Waals surface area contributed by atoms with Crippen molar-refractivity contribution in [3.05, 3.63) is 40.0 Å². The molecule has 1 aromatic rings. The van der Waals surface area contributed by atoms with Crippen LogP contribution in [0.2, 0.25) is 5.02 Å². The smallest absolute Gasteiger partial charge is 0.283 e. The van der Waals surface area contributed by atoms with E-state index in [0.29, 0.717) is 16.4 Å². The zero-order chi connectivity index (χ0) is 15.9. The molecule has 0 spiro atoms. The third-order valence-electron chi connectivity index (χ3n) is 4.16. The van der Waals surface area contributed by atoms with E-state index >= 15 is 0 Å². The lowest BCUT2D eigenvalue weighted by atomic mass is 10.0. The third-order valence-corrected chi connectivity index (χ3v) is 4.74. The van der Waals surface area contributed by atoms with Gasteiger partial charge in [0, 0.05) is 17.6 Å². The maximum Gasteiger partial charge on any atom is 0.283 e. The second-order valence-corrected chi connectivity index (χ2v) is 6.44. The number of nitrogens with zero attached hydrogens (tertiary/aromatic N) is 2. The summed E-state index contributed by atoms with van der Waals surface area (Å²) >= 11 is 12.2. The first-order valence-electron chi connectivity index (χ1n) is 7.31. The molecule has 4 nitrogen and oxygen atoms in total. The molecule has 6 heteroatoms. The SMILES string of the molecule is CC1CCCCN1C1=C(Cl)C(=O)N(c2cccc(Cl)c2)C1=O. The van der Waals surface area contributed by atoms with Gasteiger partial charge in [0.15, 0.2) is 0 Å². The summed E-state index contributed by atoms with van der Waals surface area (Å²) < 4.78 is 0. The summed E-state index contributed by atoms with van der Waals surface area (Å²) in [4.78, 5) is 28.3. The van der Waals surface area contributed by atoms with Crippen molar-refractivity contribution in [2.45, 2.75) is 32.2 Å². The van der Waals surface area contributed by atoms with Crippen molar-refractivity contribution in [3.63, 3.8) is 0 Å². The Kier molecular flexibility index (Phi) is 4.15. The summed E-state index contributed by atoms with van der Waals surface area (Å²) in [6.45, 7) is 2.80. The molecule has 2 aliphatic heterocycles. The van der Waals surface area contributed by atoms with Crippen LogP contribution in [0.3, 0.4) is 0 Å². The van der Waals surface area contributed by atoms with Crippen LogP contribution in [0.15, 0.2) is 35.0 Å². The van der Waals surface area contributed by atoms with E-state index in [9.17, 15) is 9.59 Å². The summed E-state index contributed by atoms with van der Waals surface area (Å²) in [5, 5.41) is 0.465. The van der Waals surface area contributed by atoms with Crippen molar-refractivity contribution in [2.24, 2.45) is 0 Å². The maximum atomic E-state index is 12.8. The summed E-state index contributed by atoms with van der Waals surface area (Å²) in [5.74, 6) is -0.854. The highest BCUT2D eigenvalue weighted by Gasteiger charge is 2.42. The van der Waals surface area contributed by atoms with E-state index in [1.54, 1.807) is 24.3 Å². The Balaban J connectivity index is 1.96. The number of halogens is 2. The Bertz CT molecular complexity index is 672. The highest BCUT2D eigenvalue weighted by atomic mass is 35.5. The van der Waals surface area contributed by atoms with E-state index in [4.69, 9.17) is 23.2 Å². The quantitative estimate of drug-likeness (QED) is 0.774. The number of carbonyl (C=O) groups is 2. The second-order valence-electron chi connectivity index (χ2n) is 5.63. The first kappa shape index (κ1) is 15.4. The molecule has 0 aliphatic carbocycles. The number of amides is 2. The van der Waals surface area contributed by atoms with Gasteiger partial charge in [0.2, 0.25) is 0 Å². The predicted molar refractivity (Wildman–Crippen MR) is 86.8 cm³/mol. The second kappa shape index (κ2) is 5.94. The average molecular weight is 339 g/mol. The molecule has 116 valence electrons. The van der Waals surface area contributed by atoms with Crippen molar-refractivity contribution in [1.29, 1.82) is 0 Å². The predicted octanol–water partition coefficient (Wildman–Crippen LogP) is 3.54. The minimum Gasteiger partial charge on any atom is -0.363 e. The average Bonchev–Trinajstić information content (AvgIpc) is 2.70. The largest absolute Gasteiger partial charge is 0.363 e. The fourth-order valence-electron chi connectivity index (χ4n) is 3.02. The normalized spacial score (nSPS) is 22.8. The van der Waals surface area contributed by atoms with Gasteiger partial charge in [-0.2, -0.15) is 0 Å². The van der Waals surface area contributed by atoms with E-state index < -0.39 is 5.91 Å². The molecule has 1 unspecified atom stereocenters. The highest BCUT2D eigenvalue weighted by Crippen LogP contribution is 2.34. The van der Waals surface area contributed by atoms with Gasteiger partial charge in [-0.1, -0.05) is 29.3 Å². The standard InChI is InChI=1S/C16H16Cl2N2O2/c1-10-5-2-3-8-19(10)14-13(18)15(21)20(16(14)22)12-7-4-6-11(17)9-12/h4,6-7,9-10H,2-3,5,8H2,1H3. The number of piperidine rings is 1. The number of benzene rings is 1. The van der Waals surface area contributed by atoms with Crippen LogP contribution in [0.4, 0.5) is 5.69 Å². The molecule has 0 saturated carbocycles. The van der Waals surface area contributed by atoms with Crippen molar-refractivity contribution < 1.29 is 9.59 Å². The first-order chi connectivity index (χ1) is 10.5. The molecule has 1 fully saturated rings. The Morgan fingerprint density at radius 1 is 1.14 bits per heavy atom. The Hall–Kier alpha value is -1.52. The van der Waals surface area contributed by atoms with Gasteiger partial charge < -0.3 is 4.90 Å². The first-order valence-corrected chi connectivity index (χ1v) is 8.07. The van der Waals surface area contributed by atoms with Crippen molar-refractivity contribution in [2.75, 3.05) is 11.4 Å². The molecule has 22 heavy (non-hydrogen) atoms. The number of rotatable bonds is 2. The highest BCUT2D eigenvalue weighted by molar-refractivity contribution is 6.52. The maximum absolute atomic E-state index is 12.8. The number of hydrogen-bond acceptors (Lipinski definition) is 3. The number of anilines is 1. The van der Waals surface area contributed by atoms with Crippen molar-refractivity contribution >= 4 is 40.7 Å². The van der Waals surface area contributed by atoms with E-state index in [0.717, 1.165) is 30.7 Å². The molecule has 1 aromatic carbocycles. The van der Waals surface area contributed by atoms with Gasteiger partial charge in [0.1, 0.15) is 10.7 Å². The zero-order valence-electron chi connectivity index (χ0n) is 12.2. The molecule has 2 amide bonds. The minimum absolute atomic E-state index is 0.00118. The number of likely N-dealkylation sites (tertiary alicyclic amines) is 1. The van der Waals surface area contributed by atoms with Crippen molar-refractivity contribution in [3.8, 4) is 0 Å². The lowest BCUT2D eigenvalue weighted by molar-refractivity contribution is -0.121. The molecule has 2 aliphatic rings. The van der Waals surface area contributed by atoms with Crippen LogP contribution in [0, 0.1) is 0 Å². The molecule has 0 aromatic heterocycles. The molecule has 3 rings (SSSR count). The van der Waals surface area contributed by atoms with Gasteiger partial charge in [-0.05, 0) is 44.4 Å². The van der Waals surface area contributed by atoms with Crippen LogP contribution >= 0.6 is 23.2 Å². The van der Waals surface area contributed by atoms with Crippen LogP contribution in [0.5, 0.6) is 0 Å². The molecule has 0 N–H and O–H groups in total. The van der Waals surface area contributed by atoms with E-state index in [1.165, 1.54) is 0 Å². The van der Waals surface area contributed by atoms with E-state index in [1.807, 2.05) is 4.90 Å². The molecular weight excluding hydrogens is 323 g/mol. The summed E-state index contributed by atoms with van der Waals surface area (Å²) in [6.07, 6.45) is 3.12. The molecular formula is C16H16Cl2N2O2. The fourth-order valence-corrected chi connectivity index (χ4v) is 3.48. The summed E-state index contributed by atoms with van der Waals surface area (Å²) in [6, 6.07) is 6.86. The summed E-state index contributed by atoms with van der Waals surface area (Å²) in [7, 11) is 0. The molecule has 1 saturated heterocycles. The van der Waals surface area contributed by atoms with Gasteiger partial charge in [0.05, 0.1) is 5.69 Å². The van der Waals surface area contributed by atoms with Gasteiger partial charge in [-0.15, -0.1) is 0 Å². The molecule has 1 atom stereocenters.